The van der Waals surface area contributed by atoms with Crippen molar-refractivity contribution >= 4 is 11.6 Å². The maximum Gasteiger partial charge on any atom is 0.255 e. The normalized spacial score (nSPS) is 17.8. The molecule has 1 aliphatic heterocycles. The van der Waals surface area contributed by atoms with E-state index >= 15 is 0 Å². The molecule has 0 bridgehead atoms. The minimum Gasteiger partial charge on any atom is -0.384 e. The van der Waals surface area contributed by atoms with Gasteiger partial charge in [-0.1, -0.05) is 13.0 Å². The third kappa shape index (κ3) is 4.21. The van der Waals surface area contributed by atoms with E-state index in [1.165, 1.54) is 0 Å². The molecule has 4 heteroatoms. The monoisotopic (exact) mass is 290 g/mol. The van der Waals surface area contributed by atoms with Crippen molar-refractivity contribution in [3.63, 3.8) is 0 Å². The van der Waals surface area contributed by atoms with E-state index in [4.69, 9.17) is 4.74 Å². The van der Waals surface area contributed by atoms with Crippen molar-refractivity contribution in [2.45, 2.75) is 39.2 Å². The van der Waals surface area contributed by atoms with E-state index < -0.39 is 0 Å². The van der Waals surface area contributed by atoms with Crippen LogP contribution in [-0.4, -0.2) is 43.7 Å². The molecule has 1 amide bonds. The lowest BCUT2D eigenvalue weighted by Gasteiger charge is -2.22. The second-order valence-corrected chi connectivity index (χ2v) is 5.80. The molecule has 0 spiro atoms. The largest absolute Gasteiger partial charge is 0.384 e. The van der Waals surface area contributed by atoms with Gasteiger partial charge in [0, 0.05) is 32.4 Å². The number of nitrogens with zero attached hydrogens (tertiary/aromatic N) is 1. The van der Waals surface area contributed by atoms with Crippen molar-refractivity contribution in [1.29, 1.82) is 0 Å². The Bertz CT molecular complexity index is 482. The van der Waals surface area contributed by atoms with Gasteiger partial charge in [0.15, 0.2) is 0 Å². The molecular formula is C17H26N2O2. The van der Waals surface area contributed by atoms with Gasteiger partial charge in [-0.15, -0.1) is 0 Å². The highest BCUT2D eigenvalue weighted by atomic mass is 16.5. The number of ether oxygens (including phenoxy) is 1. The predicted octanol–water partition coefficient (Wildman–Crippen LogP) is 3.07. The number of rotatable bonds is 6. The predicted molar refractivity (Wildman–Crippen MR) is 85.9 cm³/mol. The second-order valence-electron chi connectivity index (χ2n) is 5.80. The van der Waals surface area contributed by atoms with Gasteiger partial charge < -0.3 is 15.0 Å². The third-order valence-electron chi connectivity index (χ3n) is 3.82. The van der Waals surface area contributed by atoms with E-state index in [0.29, 0.717) is 6.54 Å². The molecule has 21 heavy (non-hydrogen) atoms. The van der Waals surface area contributed by atoms with Gasteiger partial charge in [-0.05, 0) is 43.9 Å². The van der Waals surface area contributed by atoms with Gasteiger partial charge in [0.2, 0.25) is 0 Å². The molecule has 116 valence electrons. The number of hydrogen-bond donors (Lipinski definition) is 1. The molecule has 2 rings (SSSR count). The minimum atomic E-state index is 0.0594. The first kappa shape index (κ1) is 15.8. The average Bonchev–Trinajstić information content (AvgIpc) is 2.97. The number of hydrogen-bond acceptors (Lipinski definition) is 3. The molecule has 1 atom stereocenters. The SMILES string of the molecule is CCCNc1cc(C)ccc1C(=O)N(C)CC1CCCO1. The Morgan fingerprint density at radius 1 is 1.48 bits per heavy atom. The summed E-state index contributed by atoms with van der Waals surface area (Å²) in [5, 5.41) is 3.35. The van der Waals surface area contributed by atoms with Crippen LogP contribution in [0.2, 0.25) is 0 Å². The van der Waals surface area contributed by atoms with Gasteiger partial charge in [0.05, 0.1) is 11.7 Å². The number of aryl methyl sites for hydroxylation is 1. The molecule has 0 aliphatic carbocycles. The van der Waals surface area contributed by atoms with E-state index in [-0.39, 0.29) is 12.0 Å². The van der Waals surface area contributed by atoms with Gasteiger partial charge >= 0.3 is 0 Å². The quantitative estimate of drug-likeness (QED) is 0.875. The summed E-state index contributed by atoms with van der Waals surface area (Å²) in [5.41, 5.74) is 2.84. The van der Waals surface area contributed by atoms with Crippen molar-refractivity contribution in [2.75, 3.05) is 32.1 Å². The second kappa shape index (κ2) is 7.46. The number of amides is 1. The standard InChI is InChI=1S/C17H26N2O2/c1-4-9-18-16-11-13(2)7-8-15(16)17(20)19(3)12-14-6-5-10-21-14/h7-8,11,14,18H,4-6,9-10,12H2,1-3H3. The lowest BCUT2D eigenvalue weighted by molar-refractivity contribution is 0.0588. The Balaban J connectivity index is 2.09. The molecular weight excluding hydrogens is 264 g/mol. The maximum atomic E-state index is 12.7. The van der Waals surface area contributed by atoms with Crippen LogP contribution in [0.4, 0.5) is 5.69 Å². The molecule has 1 N–H and O–H groups in total. The fraction of sp³-hybridized carbons (Fsp3) is 0.588. The Hall–Kier alpha value is -1.55. The number of anilines is 1. The minimum absolute atomic E-state index is 0.0594. The summed E-state index contributed by atoms with van der Waals surface area (Å²) in [6.45, 7) is 6.52. The number of carbonyl (C=O) groups excluding carboxylic acids is 1. The molecule has 1 aromatic rings. The first-order valence-electron chi connectivity index (χ1n) is 7.83. The molecule has 1 heterocycles. The number of carbonyl (C=O) groups is 1. The number of likely N-dealkylation sites (N-methyl/N-ethyl adjacent to an activating group) is 1. The van der Waals surface area contributed by atoms with E-state index in [1.807, 2.05) is 32.2 Å². The summed E-state index contributed by atoms with van der Waals surface area (Å²) >= 11 is 0. The summed E-state index contributed by atoms with van der Waals surface area (Å²) in [6, 6.07) is 5.95. The molecule has 0 radical (unpaired) electrons. The molecule has 1 saturated heterocycles. The fourth-order valence-corrected chi connectivity index (χ4v) is 2.63. The van der Waals surface area contributed by atoms with Crippen LogP contribution in [0.1, 0.15) is 42.1 Å². The molecule has 1 aromatic carbocycles. The smallest absolute Gasteiger partial charge is 0.255 e. The highest BCUT2D eigenvalue weighted by Crippen LogP contribution is 2.20. The summed E-state index contributed by atoms with van der Waals surface area (Å²) in [6.07, 6.45) is 3.37. The van der Waals surface area contributed by atoms with E-state index in [1.54, 1.807) is 4.90 Å². The molecule has 1 fully saturated rings. The Morgan fingerprint density at radius 3 is 2.95 bits per heavy atom. The van der Waals surface area contributed by atoms with E-state index in [0.717, 1.165) is 49.2 Å². The highest BCUT2D eigenvalue weighted by molar-refractivity contribution is 5.99. The Morgan fingerprint density at radius 2 is 2.29 bits per heavy atom. The molecule has 4 nitrogen and oxygen atoms in total. The van der Waals surface area contributed by atoms with Crippen LogP contribution in [0.3, 0.4) is 0 Å². The van der Waals surface area contributed by atoms with Crippen molar-refractivity contribution in [1.82, 2.24) is 4.90 Å². The zero-order valence-corrected chi connectivity index (χ0v) is 13.3. The third-order valence-corrected chi connectivity index (χ3v) is 3.82. The van der Waals surface area contributed by atoms with Crippen LogP contribution in [0.15, 0.2) is 18.2 Å². The van der Waals surface area contributed by atoms with Crippen molar-refractivity contribution < 1.29 is 9.53 Å². The van der Waals surface area contributed by atoms with Gasteiger partial charge in [-0.25, -0.2) is 0 Å². The van der Waals surface area contributed by atoms with Crippen LogP contribution in [0, 0.1) is 6.92 Å². The Labute approximate surface area is 127 Å². The summed E-state index contributed by atoms with van der Waals surface area (Å²) in [4.78, 5) is 14.4. The van der Waals surface area contributed by atoms with Gasteiger partial charge in [-0.3, -0.25) is 4.79 Å². The number of benzene rings is 1. The number of nitrogens with one attached hydrogen (secondary N) is 1. The van der Waals surface area contributed by atoms with Gasteiger partial charge in [0.25, 0.3) is 5.91 Å². The van der Waals surface area contributed by atoms with Crippen molar-refractivity contribution in [3.8, 4) is 0 Å². The zero-order chi connectivity index (χ0) is 15.2. The average molecular weight is 290 g/mol. The summed E-state index contributed by atoms with van der Waals surface area (Å²) in [7, 11) is 1.85. The van der Waals surface area contributed by atoms with E-state index in [2.05, 4.69) is 12.2 Å². The van der Waals surface area contributed by atoms with Gasteiger partial charge in [-0.2, -0.15) is 0 Å². The molecule has 1 aliphatic rings. The van der Waals surface area contributed by atoms with Gasteiger partial charge in [0.1, 0.15) is 0 Å². The summed E-state index contributed by atoms with van der Waals surface area (Å²) < 4.78 is 5.61. The lowest BCUT2D eigenvalue weighted by Crippen LogP contribution is -2.34. The first-order valence-corrected chi connectivity index (χ1v) is 7.83. The zero-order valence-electron chi connectivity index (χ0n) is 13.3. The summed E-state index contributed by atoms with van der Waals surface area (Å²) in [5.74, 6) is 0.0594. The van der Waals surface area contributed by atoms with Crippen LogP contribution in [0.25, 0.3) is 0 Å². The topological polar surface area (TPSA) is 41.6 Å². The molecule has 1 unspecified atom stereocenters. The van der Waals surface area contributed by atoms with Crippen LogP contribution in [-0.2, 0) is 4.74 Å². The van der Waals surface area contributed by atoms with Crippen molar-refractivity contribution in [3.05, 3.63) is 29.3 Å². The highest BCUT2D eigenvalue weighted by Gasteiger charge is 2.22. The van der Waals surface area contributed by atoms with Crippen LogP contribution in [0.5, 0.6) is 0 Å². The maximum absolute atomic E-state index is 12.7. The lowest BCUT2D eigenvalue weighted by atomic mass is 10.1. The first-order chi connectivity index (χ1) is 10.1. The molecule has 0 aromatic heterocycles. The van der Waals surface area contributed by atoms with Crippen molar-refractivity contribution in [2.24, 2.45) is 0 Å². The fourth-order valence-electron chi connectivity index (χ4n) is 2.63. The molecule has 0 saturated carbocycles. The van der Waals surface area contributed by atoms with E-state index in [9.17, 15) is 4.79 Å². The van der Waals surface area contributed by atoms with Crippen LogP contribution < -0.4 is 5.32 Å². The Kier molecular flexibility index (Phi) is 5.62. The van der Waals surface area contributed by atoms with Crippen LogP contribution >= 0.6 is 0 Å².